The van der Waals surface area contributed by atoms with E-state index in [0.29, 0.717) is 12.0 Å². The van der Waals surface area contributed by atoms with Gasteiger partial charge in [0.15, 0.2) is 0 Å². The lowest BCUT2D eigenvalue weighted by molar-refractivity contribution is 0.688. The van der Waals surface area contributed by atoms with E-state index in [2.05, 4.69) is 42.4 Å². The second-order valence-corrected chi connectivity index (χ2v) is 4.70. The molecule has 1 unspecified atom stereocenters. The smallest absolute Gasteiger partial charge is 0.202 e. The van der Waals surface area contributed by atoms with E-state index >= 15 is 0 Å². The number of hydrogen-bond donors (Lipinski definition) is 1. The fourth-order valence-corrected chi connectivity index (χ4v) is 2.06. The summed E-state index contributed by atoms with van der Waals surface area (Å²) in [6, 6.07) is 0.493. The summed E-state index contributed by atoms with van der Waals surface area (Å²) >= 11 is 1.46. The first-order chi connectivity index (χ1) is 6.63. The lowest BCUT2D eigenvalue weighted by Gasteiger charge is -2.10. The monoisotopic (exact) mass is 213 g/mol. The van der Waals surface area contributed by atoms with Crippen LogP contribution in [-0.2, 0) is 0 Å². The van der Waals surface area contributed by atoms with Crippen LogP contribution in [0.2, 0.25) is 0 Å². The average molecular weight is 213 g/mol. The minimum Gasteiger partial charge on any atom is -0.358 e. The Morgan fingerprint density at radius 2 is 2.07 bits per heavy atom. The lowest BCUT2D eigenvalue weighted by Crippen LogP contribution is -2.14. The molecule has 0 aliphatic heterocycles. The van der Waals surface area contributed by atoms with E-state index in [4.69, 9.17) is 0 Å². The summed E-state index contributed by atoms with van der Waals surface area (Å²) < 4.78 is 4.30. The zero-order chi connectivity index (χ0) is 10.6. The second kappa shape index (κ2) is 5.29. The van der Waals surface area contributed by atoms with Crippen LogP contribution in [0.5, 0.6) is 0 Å². The SMILES string of the molecule is CCCC(C)Nc1nc(C(C)C)ns1. The summed E-state index contributed by atoms with van der Waals surface area (Å²) in [6.45, 7) is 8.60. The molecule has 1 aromatic heterocycles. The minimum absolute atomic E-state index is 0.420. The van der Waals surface area contributed by atoms with Crippen molar-refractivity contribution in [3.8, 4) is 0 Å². The first-order valence-electron chi connectivity index (χ1n) is 5.23. The van der Waals surface area contributed by atoms with Crippen LogP contribution in [0.25, 0.3) is 0 Å². The zero-order valence-corrected chi connectivity index (χ0v) is 10.2. The first kappa shape index (κ1) is 11.4. The van der Waals surface area contributed by atoms with Crippen molar-refractivity contribution < 1.29 is 0 Å². The van der Waals surface area contributed by atoms with Gasteiger partial charge >= 0.3 is 0 Å². The molecule has 0 aliphatic rings. The molecule has 0 amide bonds. The van der Waals surface area contributed by atoms with Gasteiger partial charge in [0.1, 0.15) is 5.82 Å². The maximum absolute atomic E-state index is 4.43. The highest BCUT2D eigenvalue weighted by Gasteiger charge is 2.08. The highest BCUT2D eigenvalue weighted by molar-refractivity contribution is 7.09. The van der Waals surface area contributed by atoms with E-state index in [9.17, 15) is 0 Å². The van der Waals surface area contributed by atoms with Crippen molar-refractivity contribution >= 4 is 16.7 Å². The van der Waals surface area contributed by atoms with Gasteiger partial charge in [-0.05, 0) is 13.3 Å². The van der Waals surface area contributed by atoms with Gasteiger partial charge < -0.3 is 5.32 Å². The van der Waals surface area contributed by atoms with E-state index < -0.39 is 0 Å². The molecule has 1 heterocycles. The second-order valence-electron chi connectivity index (χ2n) is 3.95. The normalized spacial score (nSPS) is 13.2. The molecule has 14 heavy (non-hydrogen) atoms. The summed E-state index contributed by atoms with van der Waals surface area (Å²) in [6.07, 6.45) is 2.38. The van der Waals surface area contributed by atoms with Gasteiger partial charge in [-0.1, -0.05) is 27.2 Å². The molecule has 0 aliphatic carbocycles. The quantitative estimate of drug-likeness (QED) is 0.815. The molecule has 0 saturated heterocycles. The maximum atomic E-state index is 4.43. The summed E-state index contributed by atoms with van der Waals surface area (Å²) in [5, 5.41) is 4.32. The van der Waals surface area contributed by atoms with Crippen molar-refractivity contribution in [3.05, 3.63) is 5.82 Å². The minimum atomic E-state index is 0.420. The van der Waals surface area contributed by atoms with Crippen molar-refractivity contribution in [1.29, 1.82) is 0 Å². The Labute approximate surface area is 90.1 Å². The third-order valence-electron chi connectivity index (χ3n) is 2.05. The van der Waals surface area contributed by atoms with Crippen molar-refractivity contribution in [3.63, 3.8) is 0 Å². The third-order valence-corrected chi connectivity index (χ3v) is 2.71. The van der Waals surface area contributed by atoms with E-state index in [0.717, 1.165) is 11.0 Å². The van der Waals surface area contributed by atoms with Gasteiger partial charge in [0, 0.05) is 23.5 Å². The van der Waals surface area contributed by atoms with Gasteiger partial charge in [-0.15, -0.1) is 0 Å². The number of nitrogens with one attached hydrogen (secondary N) is 1. The van der Waals surface area contributed by atoms with Crippen molar-refractivity contribution in [2.24, 2.45) is 0 Å². The average Bonchev–Trinajstić information content (AvgIpc) is 2.53. The number of anilines is 1. The van der Waals surface area contributed by atoms with E-state index in [-0.39, 0.29) is 0 Å². The van der Waals surface area contributed by atoms with Crippen LogP contribution in [0.4, 0.5) is 5.13 Å². The first-order valence-corrected chi connectivity index (χ1v) is 6.01. The predicted octanol–water partition coefficient (Wildman–Crippen LogP) is 3.26. The highest BCUT2D eigenvalue weighted by Crippen LogP contribution is 2.18. The third kappa shape index (κ3) is 3.25. The molecule has 0 radical (unpaired) electrons. The molecule has 1 aromatic rings. The molecule has 80 valence electrons. The molecule has 1 atom stereocenters. The van der Waals surface area contributed by atoms with Crippen molar-refractivity contribution in [2.45, 2.75) is 52.5 Å². The molecule has 0 bridgehead atoms. The fraction of sp³-hybridized carbons (Fsp3) is 0.800. The molecule has 1 N–H and O–H groups in total. The van der Waals surface area contributed by atoms with Gasteiger partial charge in [-0.25, -0.2) is 4.98 Å². The summed E-state index contributed by atoms with van der Waals surface area (Å²) in [5.41, 5.74) is 0. The Morgan fingerprint density at radius 3 is 2.57 bits per heavy atom. The molecular formula is C10H19N3S. The molecule has 3 nitrogen and oxygen atoms in total. The molecule has 0 fully saturated rings. The van der Waals surface area contributed by atoms with E-state index in [1.54, 1.807) is 0 Å². The van der Waals surface area contributed by atoms with Crippen LogP contribution in [0, 0.1) is 0 Å². The van der Waals surface area contributed by atoms with Crippen LogP contribution in [0.15, 0.2) is 0 Å². The lowest BCUT2D eigenvalue weighted by atomic mass is 10.2. The van der Waals surface area contributed by atoms with Gasteiger partial charge in [0.25, 0.3) is 0 Å². The Bertz CT molecular complexity index is 270. The van der Waals surface area contributed by atoms with E-state index in [1.807, 2.05) is 0 Å². The molecular weight excluding hydrogens is 194 g/mol. The maximum Gasteiger partial charge on any atom is 0.202 e. The summed E-state index contributed by atoms with van der Waals surface area (Å²) in [5.74, 6) is 1.37. The van der Waals surface area contributed by atoms with Crippen LogP contribution in [0.1, 0.15) is 52.3 Å². The van der Waals surface area contributed by atoms with Crippen molar-refractivity contribution in [2.75, 3.05) is 5.32 Å². The number of aromatic nitrogens is 2. The Morgan fingerprint density at radius 1 is 1.36 bits per heavy atom. The fourth-order valence-electron chi connectivity index (χ4n) is 1.24. The molecule has 1 rings (SSSR count). The summed E-state index contributed by atoms with van der Waals surface area (Å²) in [7, 11) is 0. The van der Waals surface area contributed by atoms with Gasteiger partial charge in [0.05, 0.1) is 0 Å². The topological polar surface area (TPSA) is 37.8 Å². The Hall–Kier alpha value is -0.640. The standard InChI is InChI=1S/C10H19N3S/c1-5-6-8(4)11-10-12-9(7(2)3)13-14-10/h7-8H,5-6H2,1-4H3,(H,11,12,13). The Kier molecular flexibility index (Phi) is 4.32. The molecule has 4 heteroatoms. The number of rotatable bonds is 5. The zero-order valence-electron chi connectivity index (χ0n) is 9.37. The number of nitrogens with zero attached hydrogens (tertiary/aromatic N) is 2. The van der Waals surface area contributed by atoms with Crippen LogP contribution < -0.4 is 5.32 Å². The molecule has 0 aromatic carbocycles. The van der Waals surface area contributed by atoms with Crippen molar-refractivity contribution in [1.82, 2.24) is 9.36 Å². The van der Waals surface area contributed by atoms with Gasteiger partial charge in [-0.3, -0.25) is 0 Å². The molecule has 0 saturated carbocycles. The highest BCUT2D eigenvalue weighted by atomic mass is 32.1. The number of hydrogen-bond acceptors (Lipinski definition) is 4. The largest absolute Gasteiger partial charge is 0.358 e. The van der Waals surface area contributed by atoms with Crippen LogP contribution in [-0.4, -0.2) is 15.4 Å². The van der Waals surface area contributed by atoms with E-state index in [1.165, 1.54) is 24.4 Å². The molecule has 0 spiro atoms. The Balaban J connectivity index is 2.51. The van der Waals surface area contributed by atoms with Crippen LogP contribution in [0.3, 0.4) is 0 Å². The van der Waals surface area contributed by atoms with Gasteiger partial charge in [0.2, 0.25) is 5.13 Å². The summed E-state index contributed by atoms with van der Waals surface area (Å²) in [4.78, 5) is 4.43. The predicted molar refractivity (Wildman–Crippen MR) is 62.0 cm³/mol. The van der Waals surface area contributed by atoms with Gasteiger partial charge in [-0.2, -0.15) is 4.37 Å². The van der Waals surface area contributed by atoms with Crippen LogP contribution >= 0.6 is 11.5 Å².